The van der Waals surface area contributed by atoms with E-state index in [0.29, 0.717) is 30.2 Å². The van der Waals surface area contributed by atoms with Gasteiger partial charge in [0, 0.05) is 36.8 Å². The number of rotatable bonds is 9. The van der Waals surface area contributed by atoms with E-state index in [4.69, 9.17) is 11.6 Å². The van der Waals surface area contributed by atoms with Gasteiger partial charge in [-0.25, -0.2) is 17.8 Å². The number of anilines is 2. The highest BCUT2D eigenvalue weighted by Crippen LogP contribution is 2.31. The third kappa shape index (κ3) is 6.11. The first-order chi connectivity index (χ1) is 15.4. The summed E-state index contributed by atoms with van der Waals surface area (Å²) in [5, 5.41) is 12.4. The predicted octanol–water partition coefficient (Wildman–Crippen LogP) is 4.05. The second kappa shape index (κ2) is 10.6. The molecule has 1 aromatic heterocycles. The summed E-state index contributed by atoms with van der Waals surface area (Å²) >= 11 is 7.42. The molecule has 1 saturated carbocycles. The number of thiazole rings is 1. The topological polar surface area (TPSA) is 95.2 Å². The van der Waals surface area contributed by atoms with Crippen molar-refractivity contribution in [3.8, 4) is 0 Å². The van der Waals surface area contributed by atoms with Crippen LogP contribution in [0.2, 0.25) is 5.02 Å². The third-order valence-electron chi connectivity index (χ3n) is 6.14. The van der Waals surface area contributed by atoms with Crippen LogP contribution in [0.1, 0.15) is 38.5 Å². The van der Waals surface area contributed by atoms with Crippen LogP contribution in [0.5, 0.6) is 0 Å². The zero-order chi connectivity index (χ0) is 22.6. The summed E-state index contributed by atoms with van der Waals surface area (Å²) in [7, 11) is -4.11. The first kappa shape index (κ1) is 23.7. The van der Waals surface area contributed by atoms with Crippen molar-refractivity contribution in [2.75, 3.05) is 29.7 Å². The normalized spacial score (nSPS) is 23.9. The second-order valence-electron chi connectivity index (χ2n) is 8.52. The second-order valence-corrected chi connectivity index (χ2v) is 11.5. The van der Waals surface area contributed by atoms with Crippen LogP contribution >= 0.6 is 22.9 Å². The van der Waals surface area contributed by atoms with Gasteiger partial charge in [-0.1, -0.05) is 18.0 Å². The maximum absolute atomic E-state index is 14.7. The average Bonchev–Trinajstić information content (AvgIpc) is 3.47. The standard InChI is InChI=1S/C21H29ClFN5O2S2/c22-17-10-20(32(29,30)28-21-25-7-8-31-21)18(23)11-19(17)27-12-14-3-1-4-15(9-14)26-13-16-5-2-6-24-16/h7-8,10-11,14-16,24,26-27H,1-6,9,12-13H2,(H,25,28)/t14-,15+,16?/m0/s1. The van der Waals surface area contributed by atoms with Gasteiger partial charge < -0.3 is 16.0 Å². The quantitative estimate of drug-likeness (QED) is 0.414. The molecule has 0 bridgehead atoms. The zero-order valence-electron chi connectivity index (χ0n) is 17.7. The van der Waals surface area contributed by atoms with Crippen LogP contribution in [0, 0.1) is 11.7 Å². The molecular formula is C21H29ClFN5O2S2. The largest absolute Gasteiger partial charge is 0.383 e. The number of aromatic nitrogens is 1. The Morgan fingerprint density at radius 1 is 1.22 bits per heavy atom. The van der Waals surface area contributed by atoms with Crippen molar-refractivity contribution < 1.29 is 12.8 Å². The van der Waals surface area contributed by atoms with E-state index in [1.165, 1.54) is 25.5 Å². The summed E-state index contributed by atoms with van der Waals surface area (Å²) in [4.78, 5) is 3.38. The molecule has 1 aromatic carbocycles. The number of benzene rings is 1. The van der Waals surface area contributed by atoms with E-state index in [1.807, 2.05) is 0 Å². The van der Waals surface area contributed by atoms with Crippen LogP contribution in [0.15, 0.2) is 28.6 Å². The van der Waals surface area contributed by atoms with E-state index in [-0.39, 0.29) is 10.2 Å². The lowest BCUT2D eigenvalue weighted by atomic mass is 9.85. The molecule has 0 radical (unpaired) electrons. The fourth-order valence-electron chi connectivity index (χ4n) is 4.47. The SMILES string of the molecule is O=S(=O)(Nc1nccs1)c1cc(Cl)c(NC[C@H]2CCC[C@@H](NCC3CCCN3)C2)cc1F. The minimum Gasteiger partial charge on any atom is -0.383 e. The number of hydrogen-bond acceptors (Lipinski definition) is 7. The summed E-state index contributed by atoms with van der Waals surface area (Å²) in [5.41, 5.74) is 0.405. The van der Waals surface area contributed by atoms with E-state index < -0.39 is 20.7 Å². The van der Waals surface area contributed by atoms with Crippen molar-refractivity contribution in [2.24, 2.45) is 5.92 Å². The summed E-state index contributed by atoms with van der Waals surface area (Å²) in [5.74, 6) is -0.403. The maximum atomic E-state index is 14.7. The van der Waals surface area contributed by atoms with Crippen molar-refractivity contribution in [1.29, 1.82) is 0 Å². The Hall–Kier alpha value is -1.46. The highest BCUT2D eigenvalue weighted by molar-refractivity contribution is 7.93. The van der Waals surface area contributed by atoms with Gasteiger partial charge in [0.25, 0.3) is 10.0 Å². The molecule has 2 fully saturated rings. The predicted molar refractivity (Wildman–Crippen MR) is 128 cm³/mol. The van der Waals surface area contributed by atoms with Crippen LogP contribution in [-0.2, 0) is 10.0 Å². The lowest BCUT2D eigenvalue weighted by Gasteiger charge is -2.31. The molecular weight excluding hydrogens is 473 g/mol. The van der Waals surface area contributed by atoms with Gasteiger partial charge in [0.15, 0.2) is 5.13 Å². The lowest BCUT2D eigenvalue weighted by molar-refractivity contribution is 0.289. The third-order valence-corrected chi connectivity index (χ3v) is 8.63. The summed E-state index contributed by atoms with van der Waals surface area (Å²) in [6.45, 7) is 2.79. The van der Waals surface area contributed by atoms with Crippen LogP contribution in [0.25, 0.3) is 0 Å². The van der Waals surface area contributed by atoms with Crippen molar-refractivity contribution in [1.82, 2.24) is 15.6 Å². The van der Waals surface area contributed by atoms with E-state index in [2.05, 4.69) is 25.7 Å². The van der Waals surface area contributed by atoms with E-state index in [1.54, 1.807) is 5.38 Å². The van der Waals surface area contributed by atoms with Gasteiger partial charge in [0.2, 0.25) is 0 Å². The zero-order valence-corrected chi connectivity index (χ0v) is 20.1. The van der Waals surface area contributed by atoms with Gasteiger partial charge in [-0.05, 0) is 56.7 Å². The highest BCUT2D eigenvalue weighted by atomic mass is 35.5. The Morgan fingerprint density at radius 2 is 2.09 bits per heavy atom. The molecule has 2 aliphatic rings. The molecule has 1 unspecified atom stereocenters. The smallest absolute Gasteiger partial charge is 0.266 e. The molecule has 0 spiro atoms. The van der Waals surface area contributed by atoms with Gasteiger partial charge in [0.1, 0.15) is 10.7 Å². The molecule has 1 saturated heterocycles. The van der Waals surface area contributed by atoms with Crippen LogP contribution < -0.4 is 20.7 Å². The van der Waals surface area contributed by atoms with Crippen molar-refractivity contribution >= 4 is 43.8 Å². The summed E-state index contributed by atoms with van der Waals surface area (Å²) in [6, 6.07) is 3.38. The van der Waals surface area contributed by atoms with E-state index >= 15 is 0 Å². The Kier molecular flexibility index (Phi) is 7.88. The van der Waals surface area contributed by atoms with Crippen molar-refractivity contribution in [3.05, 3.63) is 34.5 Å². The van der Waals surface area contributed by atoms with Gasteiger partial charge >= 0.3 is 0 Å². The van der Waals surface area contributed by atoms with Crippen molar-refractivity contribution in [3.63, 3.8) is 0 Å². The molecule has 3 atom stereocenters. The molecule has 0 amide bonds. The van der Waals surface area contributed by atoms with Crippen LogP contribution in [0.3, 0.4) is 0 Å². The van der Waals surface area contributed by atoms with Crippen LogP contribution in [0.4, 0.5) is 15.2 Å². The maximum Gasteiger partial charge on any atom is 0.266 e. The highest BCUT2D eigenvalue weighted by Gasteiger charge is 2.25. The molecule has 176 valence electrons. The molecule has 32 heavy (non-hydrogen) atoms. The van der Waals surface area contributed by atoms with E-state index in [0.717, 1.165) is 55.8 Å². The minimum absolute atomic E-state index is 0.170. The molecule has 7 nitrogen and oxygen atoms in total. The Labute approximate surface area is 197 Å². The monoisotopic (exact) mass is 501 g/mol. The van der Waals surface area contributed by atoms with Gasteiger partial charge in [-0.3, -0.25) is 4.72 Å². The average molecular weight is 502 g/mol. The van der Waals surface area contributed by atoms with Gasteiger partial charge in [-0.15, -0.1) is 11.3 Å². The summed E-state index contributed by atoms with van der Waals surface area (Å²) < 4.78 is 42.0. The Morgan fingerprint density at radius 3 is 2.84 bits per heavy atom. The van der Waals surface area contributed by atoms with Crippen LogP contribution in [-0.4, -0.2) is 45.1 Å². The number of nitrogens with zero attached hydrogens (tertiary/aromatic N) is 1. The molecule has 1 aliphatic heterocycles. The number of halogens is 2. The number of hydrogen-bond donors (Lipinski definition) is 4. The Balaban J connectivity index is 1.33. The van der Waals surface area contributed by atoms with E-state index in [9.17, 15) is 12.8 Å². The molecule has 2 heterocycles. The Bertz CT molecular complexity index is 1000. The minimum atomic E-state index is -4.11. The molecule has 4 rings (SSSR count). The fraction of sp³-hybridized carbons (Fsp3) is 0.571. The van der Waals surface area contributed by atoms with Gasteiger partial charge in [-0.2, -0.15) is 0 Å². The van der Waals surface area contributed by atoms with Gasteiger partial charge in [0.05, 0.1) is 10.7 Å². The molecule has 1 aliphatic carbocycles. The first-order valence-corrected chi connectivity index (χ1v) is 13.8. The number of nitrogens with one attached hydrogen (secondary N) is 4. The molecule has 2 aromatic rings. The van der Waals surface area contributed by atoms with Crippen molar-refractivity contribution in [2.45, 2.75) is 55.5 Å². The first-order valence-electron chi connectivity index (χ1n) is 11.0. The molecule has 11 heteroatoms. The lowest BCUT2D eigenvalue weighted by Crippen LogP contribution is -2.42. The molecule has 4 N–H and O–H groups in total. The number of sulfonamides is 1. The summed E-state index contributed by atoms with van der Waals surface area (Å²) in [6.07, 6.45) is 8.46. The fourth-order valence-corrected chi connectivity index (χ4v) is 6.64.